The lowest BCUT2D eigenvalue weighted by molar-refractivity contribution is 0.264. The van der Waals surface area contributed by atoms with E-state index in [1.807, 2.05) is 18.2 Å². The number of nitrogens with zero attached hydrogens (tertiary/aromatic N) is 3. The van der Waals surface area contributed by atoms with Crippen molar-refractivity contribution in [3.8, 4) is 0 Å². The van der Waals surface area contributed by atoms with Crippen LogP contribution in [0.5, 0.6) is 0 Å². The minimum absolute atomic E-state index is 0.267. The summed E-state index contributed by atoms with van der Waals surface area (Å²) in [6.07, 6.45) is 0. The van der Waals surface area contributed by atoms with E-state index in [1.54, 1.807) is 0 Å². The van der Waals surface area contributed by atoms with E-state index < -0.39 is 0 Å². The number of benzene rings is 1. The van der Waals surface area contributed by atoms with Crippen LogP contribution in [0.4, 0.5) is 5.95 Å². The Morgan fingerprint density at radius 3 is 2.68 bits per heavy atom. The van der Waals surface area contributed by atoms with Gasteiger partial charge in [-0.1, -0.05) is 25.4 Å². The number of hydrogen-bond acceptors (Lipinski definition) is 3. The number of imidazole rings is 1. The van der Waals surface area contributed by atoms with Crippen molar-refractivity contribution in [2.24, 2.45) is 0 Å². The second-order valence-electron chi connectivity index (χ2n) is 4.81. The molecule has 1 aromatic heterocycles. The van der Waals surface area contributed by atoms with Crippen LogP contribution in [0.2, 0.25) is 5.02 Å². The molecular formula is C14H21ClN4. The van der Waals surface area contributed by atoms with Crippen LogP contribution < -0.4 is 5.73 Å². The molecule has 5 heteroatoms. The first kappa shape index (κ1) is 14.2. The molecule has 1 atom stereocenters. The van der Waals surface area contributed by atoms with Crippen molar-refractivity contribution in [3.05, 3.63) is 23.2 Å². The normalized spacial score (nSPS) is 13.3. The Morgan fingerprint density at radius 2 is 2.05 bits per heavy atom. The smallest absolute Gasteiger partial charge is 0.201 e. The zero-order valence-electron chi connectivity index (χ0n) is 11.7. The van der Waals surface area contributed by atoms with Gasteiger partial charge in [0, 0.05) is 17.6 Å². The van der Waals surface area contributed by atoms with Crippen LogP contribution in [0.1, 0.15) is 26.8 Å². The first-order chi connectivity index (χ1) is 9.06. The fourth-order valence-electron chi connectivity index (χ4n) is 2.49. The monoisotopic (exact) mass is 280 g/mol. The van der Waals surface area contributed by atoms with Crippen molar-refractivity contribution < 1.29 is 0 Å². The Hall–Kier alpha value is -1.26. The van der Waals surface area contributed by atoms with Gasteiger partial charge in [0.25, 0.3) is 0 Å². The summed E-state index contributed by atoms with van der Waals surface area (Å²) in [5, 5.41) is 0.712. The quantitative estimate of drug-likeness (QED) is 0.915. The Balaban J connectivity index is 2.37. The summed E-state index contributed by atoms with van der Waals surface area (Å²) in [5.41, 5.74) is 7.95. The van der Waals surface area contributed by atoms with Crippen LogP contribution in [0, 0.1) is 0 Å². The molecule has 0 aliphatic rings. The fraction of sp³-hybridized carbons (Fsp3) is 0.500. The molecule has 1 heterocycles. The number of fused-ring (bicyclic) bond motifs is 1. The minimum atomic E-state index is 0.267. The molecule has 104 valence electrons. The summed E-state index contributed by atoms with van der Waals surface area (Å²) < 4.78 is 2.07. The van der Waals surface area contributed by atoms with Crippen LogP contribution in [0.15, 0.2) is 18.2 Å². The van der Waals surface area contributed by atoms with Crippen molar-refractivity contribution in [1.82, 2.24) is 14.5 Å². The number of anilines is 1. The predicted octanol–water partition coefficient (Wildman–Crippen LogP) is 3.17. The summed E-state index contributed by atoms with van der Waals surface area (Å²) in [6, 6.07) is 5.95. The Labute approximate surface area is 119 Å². The number of nitrogens with two attached hydrogens (primary N) is 1. The summed E-state index contributed by atoms with van der Waals surface area (Å²) in [7, 11) is 0. The molecule has 1 aromatic carbocycles. The fourth-order valence-corrected chi connectivity index (χ4v) is 2.65. The van der Waals surface area contributed by atoms with E-state index in [-0.39, 0.29) is 6.04 Å². The lowest BCUT2D eigenvalue weighted by Gasteiger charge is -2.24. The van der Waals surface area contributed by atoms with E-state index in [0.717, 1.165) is 30.7 Å². The van der Waals surface area contributed by atoms with Gasteiger partial charge in [0.2, 0.25) is 5.95 Å². The highest BCUT2D eigenvalue weighted by Gasteiger charge is 2.16. The van der Waals surface area contributed by atoms with Gasteiger partial charge < -0.3 is 15.2 Å². The van der Waals surface area contributed by atoms with Gasteiger partial charge >= 0.3 is 0 Å². The van der Waals surface area contributed by atoms with Gasteiger partial charge in [-0.25, -0.2) is 4.98 Å². The molecule has 0 fully saturated rings. The lowest BCUT2D eigenvalue weighted by Crippen LogP contribution is -2.29. The maximum absolute atomic E-state index is 6.07. The van der Waals surface area contributed by atoms with Crippen LogP contribution in [-0.2, 0) is 0 Å². The number of likely N-dealkylation sites (N-methyl/N-ethyl adjacent to an activating group) is 1. The molecule has 2 rings (SSSR count). The Morgan fingerprint density at radius 1 is 1.37 bits per heavy atom. The average molecular weight is 281 g/mol. The van der Waals surface area contributed by atoms with E-state index in [9.17, 15) is 0 Å². The van der Waals surface area contributed by atoms with Crippen molar-refractivity contribution in [2.75, 3.05) is 25.4 Å². The maximum atomic E-state index is 6.07. The van der Waals surface area contributed by atoms with Crippen LogP contribution in [0.3, 0.4) is 0 Å². The first-order valence-corrected chi connectivity index (χ1v) is 7.09. The zero-order valence-corrected chi connectivity index (χ0v) is 12.5. The van der Waals surface area contributed by atoms with Crippen molar-refractivity contribution in [3.63, 3.8) is 0 Å². The number of nitrogen functional groups attached to an aromatic ring is 1. The molecule has 19 heavy (non-hydrogen) atoms. The second kappa shape index (κ2) is 5.80. The molecule has 0 aliphatic heterocycles. The molecule has 0 saturated heterocycles. The van der Waals surface area contributed by atoms with Crippen LogP contribution in [0.25, 0.3) is 11.0 Å². The molecule has 2 N–H and O–H groups in total. The molecule has 0 radical (unpaired) electrons. The van der Waals surface area contributed by atoms with Crippen LogP contribution in [-0.4, -0.2) is 34.1 Å². The van der Waals surface area contributed by atoms with E-state index in [0.29, 0.717) is 11.0 Å². The molecule has 0 bridgehead atoms. The highest BCUT2D eigenvalue weighted by molar-refractivity contribution is 6.31. The molecule has 2 aromatic rings. The number of rotatable bonds is 5. The van der Waals surface area contributed by atoms with Crippen molar-refractivity contribution in [2.45, 2.75) is 26.8 Å². The summed E-state index contributed by atoms with van der Waals surface area (Å²) >= 11 is 6.07. The van der Waals surface area contributed by atoms with Gasteiger partial charge in [-0.15, -0.1) is 0 Å². The number of hydrogen-bond donors (Lipinski definition) is 1. The first-order valence-electron chi connectivity index (χ1n) is 6.72. The molecule has 0 spiro atoms. The summed E-state index contributed by atoms with van der Waals surface area (Å²) in [5.74, 6) is 0.553. The van der Waals surface area contributed by atoms with E-state index in [2.05, 4.69) is 35.2 Å². The van der Waals surface area contributed by atoms with Gasteiger partial charge in [0.05, 0.1) is 11.0 Å². The van der Waals surface area contributed by atoms with Gasteiger partial charge in [-0.3, -0.25) is 0 Å². The van der Waals surface area contributed by atoms with E-state index in [1.165, 1.54) is 0 Å². The van der Waals surface area contributed by atoms with E-state index >= 15 is 0 Å². The third-order valence-corrected chi connectivity index (χ3v) is 3.77. The van der Waals surface area contributed by atoms with Crippen molar-refractivity contribution >= 4 is 28.6 Å². The average Bonchev–Trinajstić information content (AvgIpc) is 2.71. The third kappa shape index (κ3) is 2.85. The van der Waals surface area contributed by atoms with E-state index in [4.69, 9.17) is 17.3 Å². The Kier molecular flexibility index (Phi) is 4.32. The molecule has 4 nitrogen and oxygen atoms in total. The minimum Gasteiger partial charge on any atom is -0.369 e. The van der Waals surface area contributed by atoms with Gasteiger partial charge in [-0.05, 0) is 38.2 Å². The molecule has 1 unspecified atom stereocenters. The van der Waals surface area contributed by atoms with Gasteiger partial charge in [0.15, 0.2) is 0 Å². The SMILES string of the molecule is CCN(CC)CC(C)n1c(N)nc2ccc(Cl)cc21. The lowest BCUT2D eigenvalue weighted by atomic mass is 10.2. The summed E-state index contributed by atoms with van der Waals surface area (Å²) in [4.78, 5) is 6.77. The zero-order chi connectivity index (χ0) is 14.0. The standard InChI is InChI=1S/C14H21ClN4/c1-4-18(5-2)9-10(3)19-13-8-11(15)6-7-12(13)17-14(19)16/h6-8,10H,4-5,9H2,1-3H3,(H2,16,17). The second-order valence-corrected chi connectivity index (χ2v) is 5.24. The third-order valence-electron chi connectivity index (χ3n) is 3.54. The maximum Gasteiger partial charge on any atom is 0.201 e. The molecule has 0 amide bonds. The van der Waals surface area contributed by atoms with Crippen molar-refractivity contribution in [1.29, 1.82) is 0 Å². The topological polar surface area (TPSA) is 47.1 Å². The molecule has 0 saturated carbocycles. The number of halogens is 1. The summed E-state index contributed by atoms with van der Waals surface area (Å²) in [6.45, 7) is 9.53. The predicted molar refractivity (Wildman–Crippen MR) is 81.7 cm³/mol. The molecule has 0 aliphatic carbocycles. The van der Waals surface area contributed by atoms with Gasteiger partial charge in [-0.2, -0.15) is 0 Å². The number of aromatic nitrogens is 2. The highest BCUT2D eigenvalue weighted by Crippen LogP contribution is 2.25. The largest absolute Gasteiger partial charge is 0.369 e. The Bertz CT molecular complexity index is 560. The molecular weight excluding hydrogens is 260 g/mol. The highest BCUT2D eigenvalue weighted by atomic mass is 35.5. The van der Waals surface area contributed by atoms with Gasteiger partial charge in [0.1, 0.15) is 0 Å². The van der Waals surface area contributed by atoms with Crippen LogP contribution >= 0.6 is 11.6 Å².